The fraction of sp³-hybridized carbons (Fsp3) is 0.450. The smallest absolute Gasteiger partial charge is 0.191 e. The highest BCUT2D eigenvalue weighted by atomic mass is 32.1. The zero-order chi connectivity index (χ0) is 17.6. The van der Waals surface area contributed by atoms with Crippen molar-refractivity contribution in [2.45, 2.75) is 39.4 Å². The van der Waals surface area contributed by atoms with Crippen LogP contribution in [0.25, 0.3) is 0 Å². The van der Waals surface area contributed by atoms with Crippen molar-refractivity contribution in [1.29, 1.82) is 0 Å². The Labute approximate surface area is 155 Å². The summed E-state index contributed by atoms with van der Waals surface area (Å²) in [6.07, 6.45) is 1.18. The molecule has 1 aromatic carbocycles. The van der Waals surface area contributed by atoms with E-state index >= 15 is 0 Å². The molecule has 1 aliphatic rings. The van der Waals surface area contributed by atoms with Gasteiger partial charge in [-0.2, -0.15) is 0 Å². The minimum absolute atomic E-state index is 0.478. The van der Waals surface area contributed by atoms with Gasteiger partial charge in [0, 0.05) is 44.1 Å². The van der Waals surface area contributed by atoms with Gasteiger partial charge in [0.05, 0.1) is 0 Å². The second-order valence-electron chi connectivity index (χ2n) is 6.73. The maximum Gasteiger partial charge on any atom is 0.191 e. The Morgan fingerprint density at radius 2 is 2.04 bits per heavy atom. The summed E-state index contributed by atoms with van der Waals surface area (Å²) in [5.74, 6) is 0.862. The highest BCUT2D eigenvalue weighted by Gasteiger charge is 2.21. The lowest BCUT2D eigenvalue weighted by atomic mass is 10.1. The molecule has 2 N–H and O–H groups in total. The van der Waals surface area contributed by atoms with Crippen LogP contribution in [0.3, 0.4) is 0 Å². The third-order valence-corrected chi connectivity index (χ3v) is 5.85. The van der Waals surface area contributed by atoms with Gasteiger partial charge < -0.3 is 10.6 Å². The second-order valence-corrected chi connectivity index (χ2v) is 7.73. The van der Waals surface area contributed by atoms with Gasteiger partial charge in [-0.25, -0.2) is 0 Å². The Hall–Kier alpha value is -1.85. The number of guanidine groups is 1. The van der Waals surface area contributed by atoms with Crippen molar-refractivity contribution >= 4 is 17.3 Å². The molecule has 4 nitrogen and oxygen atoms in total. The Balaban J connectivity index is 1.45. The van der Waals surface area contributed by atoms with Crippen LogP contribution in [0, 0.1) is 6.92 Å². The van der Waals surface area contributed by atoms with Gasteiger partial charge in [-0.15, -0.1) is 11.3 Å². The number of fused-ring (bicyclic) bond motifs is 1. The van der Waals surface area contributed by atoms with E-state index in [1.54, 1.807) is 4.88 Å². The second kappa shape index (κ2) is 8.50. The number of hydrogen-bond acceptors (Lipinski definition) is 3. The summed E-state index contributed by atoms with van der Waals surface area (Å²) in [5.41, 5.74) is 4.06. The summed E-state index contributed by atoms with van der Waals surface area (Å²) in [6.45, 7) is 8.29. The van der Waals surface area contributed by atoms with Crippen LogP contribution in [0.15, 0.2) is 40.7 Å². The van der Waals surface area contributed by atoms with E-state index in [9.17, 15) is 0 Å². The molecule has 3 rings (SSSR count). The molecule has 0 radical (unpaired) electrons. The Morgan fingerprint density at radius 3 is 2.80 bits per heavy atom. The number of aryl methyl sites for hydroxylation is 1. The summed E-state index contributed by atoms with van der Waals surface area (Å²) in [7, 11) is 1.83. The van der Waals surface area contributed by atoms with Gasteiger partial charge in [0.1, 0.15) is 0 Å². The van der Waals surface area contributed by atoms with Crippen molar-refractivity contribution in [1.82, 2.24) is 15.5 Å². The number of thiophene rings is 1. The molecular formula is C20H28N4S. The molecule has 0 saturated heterocycles. The van der Waals surface area contributed by atoms with Crippen LogP contribution in [0.1, 0.15) is 28.5 Å². The lowest BCUT2D eigenvalue weighted by Gasteiger charge is -2.32. The average Bonchev–Trinajstić information content (AvgIpc) is 3.10. The molecule has 0 saturated carbocycles. The maximum absolute atomic E-state index is 4.34. The first-order chi connectivity index (χ1) is 12.2. The van der Waals surface area contributed by atoms with E-state index in [4.69, 9.17) is 0 Å². The molecule has 2 heterocycles. The predicted octanol–water partition coefficient (Wildman–Crippen LogP) is 3.17. The first-order valence-electron chi connectivity index (χ1n) is 8.95. The van der Waals surface area contributed by atoms with Gasteiger partial charge in [0.25, 0.3) is 0 Å². The van der Waals surface area contributed by atoms with Crippen LogP contribution in [-0.4, -0.2) is 37.0 Å². The fourth-order valence-corrected chi connectivity index (χ4v) is 4.02. The van der Waals surface area contributed by atoms with Crippen LogP contribution in [0.2, 0.25) is 0 Å². The lowest BCUT2D eigenvalue weighted by Crippen LogP contribution is -2.47. The summed E-state index contributed by atoms with van der Waals surface area (Å²) < 4.78 is 0. The molecule has 0 amide bonds. The molecule has 1 atom stereocenters. The zero-order valence-corrected chi connectivity index (χ0v) is 16.2. The average molecular weight is 357 g/mol. The number of nitrogens with one attached hydrogen (secondary N) is 2. The van der Waals surface area contributed by atoms with E-state index in [2.05, 4.69) is 70.1 Å². The Morgan fingerprint density at radius 1 is 1.24 bits per heavy atom. The molecule has 1 unspecified atom stereocenters. The maximum atomic E-state index is 4.34. The SMILES string of the molecule is CN=C(NCc1ccc(C)cc1)NCC(C)N1CCc2sccc2C1. The van der Waals surface area contributed by atoms with Crippen LogP contribution < -0.4 is 10.6 Å². The van der Waals surface area contributed by atoms with E-state index in [1.807, 2.05) is 18.4 Å². The largest absolute Gasteiger partial charge is 0.355 e. The molecule has 0 bridgehead atoms. The van der Waals surface area contributed by atoms with Gasteiger partial charge in [-0.1, -0.05) is 29.8 Å². The van der Waals surface area contributed by atoms with Crippen molar-refractivity contribution in [2.24, 2.45) is 4.99 Å². The monoisotopic (exact) mass is 356 g/mol. The molecule has 0 aliphatic carbocycles. The molecule has 0 spiro atoms. The highest BCUT2D eigenvalue weighted by Crippen LogP contribution is 2.24. The molecular weight excluding hydrogens is 328 g/mol. The number of hydrogen-bond donors (Lipinski definition) is 2. The highest BCUT2D eigenvalue weighted by molar-refractivity contribution is 7.10. The van der Waals surface area contributed by atoms with Crippen LogP contribution in [0.5, 0.6) is 0 Å². The summed E-state index contributed by atoms with van der Waals surface area (Å²) >= 11 is 1.89. The number of benzene rings is 1. The third-order valence-electron chi connectivity index (χ3n) is 4.83. The first kappa shape index (κ1) is 18.0. The van der Waals surface area contributed by atoms with E-state index in [-0.39, 0.29) is 0 Å². The molecule has 25 heavy (non-hydrogen) atoms. The van der Waals surface area contributed by atoms with Gasteiger partial charge >= 0.3 is 0 Å². The normalized spacial score (nSPS) is 16.4. The van der Waals surface area contributed by atoms with Crippen molar-refractivity contribution in [3.05, 3.63) is 57.3 Å². The first-order valence-corrected chi connectivity index (χ1v) is 9.83. The lowest BCUT2D eigenvalue weighted by molar-refractivity contribution is 0.192. The molecule has 1 aliphatic heterocycles. The van der Waals surface area contributed by atoms with Gasteiger partial charge in [-0.05, 0) is 42.8 Å². The standard InChI is InChI=1S/C20H28N4S/c1-15-4-6-17(7-5-15)13-23-20(21-3)22-12-16(2)24-10-8-19-18(14-24)9-11-25-19/h4-7,9,11,16H,8,10,12-14H2,1-3H3,(H2,21,22,23). The summed E-state index contributed by atoms with van der Waals surface area (Å²) in [6, 6.07) is 11.4. The van der Waals surface area contributed by atoms with Crippen molar-refractivity contribution < 1.29 is 0 Å². The van der Waals surface area contributed by atoms with E-state index in [0.29, 0.717) is 6.04 Å². The summed E-state index contributed by atoms with van der Waals surface area (Å²) in [4.78, 5) is 8.46. The van der Waals surface area contributed by atoms with E-state index in [1.165, 1.54) is 23.1 Å². The van der Waals surface area contributed by atoms with Gasteiger partial charge in [0.15, 0.2) is 5.96 Å². The third kappa shape index (κ3) is 4.83. The minimum atomic E-state index is 0.478. The number of nitrogens with zero attached hydrogens (tertiary/aromatic N) is 2. The zero-order valence-electron chi connectivity index (χ0n) is 15.4. The summed E-state index contributed by atoms with van der Waals surface area (Å²) in [5, 5.41) is 9.08. The minimum Gasteiger partial charge on any atom is -0.355 e. The Bertz CT molecular complexity index is 705. The number of rotatable bonds is 5. The van der Waals surface area contributed by atoms with E-state index < -0.39 is 0 Å². The molecule has 0 fully saturated rings. The number of aliphatic imine (C=N–C) groups is 1. The molecule has 134 valence electrons. The quantitative estimate of drug-likeness (QED) is 0.638. The van der Waals surface area contributed by atoms with Crippen LogP contribution in [-0.2, 0) is 19.5 Å². The van der Waals surface area contributed by atoms with E-state index in [0.717, 1.165) is 32.1 Å². The Kier molecular flexibility index (Phi) is 6.10. The van der Waals surface area contributed by atoms with Gasteiger partial charge in [-0.3, -0.25) is 9.89 Å². The van der Waals surface area contributed by atoms with Crippen molar-refractivity contribution in [3.8, 4) is 0 Å². The molecule has 1 aromatic heterocycles. The molecule has 2 aromatic rings. The molecule has 5 heteroatoms. The van der Waals surface area contributed by atoms with Crippen LogP contribution >= 0.6 is 11.3 Å². The fourth-order valence-electron chi connectivity index (χ4n) is 3.13. The van der Waals surface area contributed by atoms with Crippen LogP contribution in [0.4, 0.5) is 0 Å². The topological polar surface area (TPSA) is 39.7 Å². The van der Waals surface area contributed by atoms with Gasteiger partial charge in [0.2, 0.25) is 0 Å². The predicted molar refractivity (Wildman–Crippen MR) is 107 cm³/mol. The van der Waals surface area contributed by atoms with Crippen molar-refractivity contribution in [3.63, 3.8) is 0 Å². The van der Waals surface area contributed by atoms with Crippen molar-refractivity contribution in [2.75, 3.05) is 20.1 Å².